The zero-order valence-corrected chi connectivity index (χ0v) is 17.4. The number of ether oxygens (including phenoxy) is 1. The van der Waals surface area contributed by atoms with Gasteiger partial charge < -0.3 is 10.1 Å². The molecular formula is C22H20N4O3S. The van der Waals surface area contributed by atoms with Crippen LogP contribution in [0.2, 0.25) is 0 Å². The van der Waals surface area contributed by atoms with E-state index in [0.29, 0.717) is 34.5 Å². The van der Waals surface area contributed by atoms with Crippen LogP contribution in [0.15, 0.2) is 53.9 Å². The van der Waals surface area contributed by atoms with Crippen LogP contribution in [0.3, 0.4) is 0 Å². The first-order valence-corrected chi connectivity index (χ1v) is 10.4. The fraction of sp³-hybridized carbons (Fsp3) is 0.182. The molecule has 7 nitrogen and oxygen atoms in total. The number of thiophene rings is 1. The Kier molecular flexibility index (Phi) is 5.58. The standard InChI is InChI=1S/C22H20N4O3S/c1-3-23-19(27)13-29-22(28)16-12-17(18-10-7-11-30-18)24-21-20(16)14(2)25-26(21)15-8-5-4-6-9-15/h4-12H,3,13H2,1-2H3,(H,23,27). The summed E-state index contributed by atoms with van der Waals surface area (Å²) >= 11 is 1.53. The van der Waals surface area contributed by atoms with Crippen LogP contribution < -0.4 is 5.32 Å². The first kappa shape index (κ1) is 19.8. The summed E-state index contributed by atoms with van der Waals surface area (Å²) in [6.07, 6.45) is 0. The molecule has 0 spiro atoms. The molecule has 1 N–H and O–H groups in total. The van der Waals surface area contributed by atoms with Gasteiger partial charge in [-0.15, -0.1) is 11.3 Å². The van der Waals surface area contributed by atoms with Gasteiger partial charge in [0.05, 0.1) is 32.9 Å². The lowest BCUT2D eigenvalue weighted by Crippen LogP contribution is -2.28. The van der Waals surface area contributed by atoms with Gasteiger partial charge in [-0.05, 0) is 43.5 Å². The van der Waals surface area contributed by atoms with Crippen LogP contribution in [0.4, 0.5) is 0 Å². The average molecular weight is 420 g/mol. The number of hydrogen-bond donors (Lipinski definition) is 1. The number of rotatable bonds is 6. The summed E-state index contributed by atoms with van der Waals surface area (Å²) in [4.78, 5) is 30.4. The molecule has 1 aromatic carbocycles. The number of nitrogens with zero attached hydrogens (tertiary/aromatic N) is 3. The topological polar surface area (TPSA) is 86.1 Å². The van der Waals surface area contributed by atoms with Crippen molar-refractivity contribution in [3.8, 4) is 16.3 Å². The number of amides is 1. The van der Waals surface area contributed by atoms with Gasteiger partial charge in [0.25, 0.3) is 5.91 Å². The Morgan fingerprint density at radius 2 is 1.97 bits per heavy atom. The summed E-state index contributed by atoms with van der Waals surface area (Å²) < 4.78 is 7.01. The predicted octanol–water partition coefficient (Wildman–Crippen LogP) is 3.75. The van der Waals surface area contributed by atoms with Gasteiger partial charge in [0.2, 0.25) is 0 Å². The van der Waals surface area contributed by atoms with Gasteiger partial charge in [-0.25, -0.2) is 14.5 Å². The number of nitrogens with one attached hydrogen (secondary N) is 1. The molecule has 3 aromatic heterocycles. The number of esters is 1. The SMILES string of the molecule is CCNC(=O)COC(=O)c1cc(-c2cccs2)nc2c1c(C)nn2-c1ccccc1. The highest BCUT2D eigenvalue weighted by molar-refractivity contribution is 7.13. The highest BCUT2D eigenvalue weighted by Crippen LogP contribution is 2.31. The Morgan fingerprint density at radius 3 is 2.67 bits per heavy atom. The summed E-state index contributed by atoms with van der Waals surface area (Å²) in [5.41, 5.74) is 3.05. The number of aryl methyl sites for hydroxylation is 1. The number of carbonyl (C=O) groups is 2. The molecule has 0 aliphatic rings. The monoisotopic (exact) mass is 420 g/mol. The van der Waals surface area contributed by atoms with Crippen molar-refractivity contribution in [2.75, 3.05) is 13.2 Å². The third-order valence-corrected chi connectivity index (χ3v) is 5.41. The predicted molar refractivity (Wildman–Crippen MR) is 116 cm³/mol. The smallest absolute Gasteiger partial charge is 0.339 e. The molecule has 4 aromatic rings. The van der Waals surface area contributed by atoms with E-state index in [2.05, 4.69) is 10.4 Å². The summed E-state index contributed by atoms with van der Waals surface area (Å²) in [5, 5.41) is 9.80. The largest absolute Gasteiger partial charge is 0.452 e. The molecule has 0 fully saturated rings. The van der Waals surface area contributed by atoms with E-state index in [-0.39, 0.29) is 12.5 Å². The fourth-order valence-electron chi connectivity index (χ4n) is 3.21. The van der Waals surface area contributed by atoms with Crippen LogP contribution in [0, 0.1) is 6.92 Å². The van der Waals surface area contributed by atoms with Crippen LogP contribution >= 0.6 is 11.3 Å². The molecule has 0 aliphatic heterocycles. The van der Waals surface area contributed by atoms with E-state index >= 15 is 0 Å². The van der Waals surface area contributed by atoms with E-state index in [0.717, 1.165) is 10.6 Å². The van der Waals surface area contributed by atoms with Gasteiger partial charge in [-0.2, -0.15) is 5.10 Å². The van der Waals surface area contributed by atoms with Crippen molar-refractivity contribution in [3.05, 3.63) is 65.2 Å². The van der Waals surface area contributed by atoms with Crippen LogP contribution in [0.1, 0.15) is 23.0 Å². The van der Waals surface area contributed by atoms with E-state index < -0.39 is 5.97 Å². The minimum absolute atomic E-state index is 0.337. The second-order valence-corrected chi connectivity index (χ2v) is 7.54. The molecule has 0 saturated heterocycles. The first-order chi connectivity index (χ1) is 14.6. The molecule has 0 radical (unpaired) electrons. The molecule has 152 valence electrons. The van der Waals surface area contributed by atoms with Crippen molar-refractivity contribution in [2.45, 2.75) is 13.8 Å². The number of benzene rings is 1. The Balaban J connectivity index is 1.85. The first-order valence-electron chi connectivity index (χ1n) is 9.52. The van der Waals surface area contributed by atoms with E-state index in [1.54, 1.807) is 17.7 Å². The van der Waals surface area contributed by atoms with Crippen LogP contribution in [0.25, 0.3) is 27.3 Å². The second kappa shape index (κ2) is 8.46. The summed E-state index contributed by atoms with van der Waals surface area (Å²) in [6.45, 7) is 3.77. The molecule has 0 aliphatic carbocycles. The summed E-state index contributed by atoms with van der Waals surface area (Å²) in [5.74, 6) is -0.923. The zero-order valence-electron chi connectivity index (χ0n) is 16.6. The van der Waals surface area contributed by atoms with E-state index in [4.69, 9.17) is 9.72 Å². The molecule has 4 rings (SSSR count). The molecular weight excluding hydrogens is 400 g/mol. The Labute approximate surface area is 177 Å². The third kappa shape index (κ3) is 3.81. The molecule has 0 atom stereocenters. The maximum Gasteiger partial charge on any atom is 0.339 e. The van der Waals surface area contributed by atoms with Gasteiger partial charge >= 0.3 is 5.97 Å². The minimum Gasteiger partial charge on any atom is -0.452 e. The molecule has 3 heterocycles. The molecule has 0 unspecified atom stereocenters. The lowest BCUT2D eigenvalue weighted by atomic mass is 10.1. The van der Waals surface area contributed by atoms with Gasteiger partial charge in [0, 0.05) is 6.54 Å². The highest BCUT2D eigenvalue weighted by atomic mass is 32.1. The number of carbonyl (C=O) groups excluding carboxylic acids is 2. The quantitative estimate of drug-likeness (QED) is 0.480. The Morgan fingerprint density at radius 1 is 1.17 bits per heavy atom. The zero-order chi connectivity index (χ0) is 21.1. The van der Waals surface area contributed by atoms with Crippen LogP contribution in [-0.2, 0) is 9.53 Å². The van der Waals surface area contributed by atoms with Crippen LogP contribution in [0.5, 0.6) is 0 Å². The van der Waals surface area contributed by atoms with Gasteiger partial charge in [0.15, 0.2) is 12.3 Å². The fourth-order valence-corrected chi connectivity index (χ4v) is 3.89. The number of pyridine rings is 1. The second-order valence-electron chi connectivity index (χ2n) is 6.59. The van der Waals surface area contributed by atoms with Crippen molar-refractivity contribution in [3.63, 3.8) is 0 Å². The molecule has 8 heteroatoms. The number of aromatic nitrogens is 3. The molecule has 0 bridgehead atoms. The summed E-state index contributed by atoms with van der Waals surface area (Å²) in [6, 6.07) is 15.2. The normalized spacial score (nSPS) is 10.9. The number of hydrogen-bond acceptors (Lipinski definition) is 6. The van der Waals surface area contributed by atoms with E-state index in [1.165, 1.54) is 11.3 Å². The highest BCUT2D eigenvalue weighted by Gasteiger charge is 2.22. The van der Waals surface area contributed by atoms with Crippen molar-refractivity contribution >= 4 is 34.2 Å². The average Bonchev–Trinajstić information content (AvgIpc) is 3.41. The van der Waals surface area contributed by atoms with Crippen molar-refractivity contribution in [1.82, 2.24) is 20.1 Å². The van der Waals surface area contributed by atoms with E-state index in [1.807, 2.05) is 54.8 Å². The molecule has 30 heavy (non-hydrogen) atoms. The Bertz CT molecular complexity index is 1200. The molecule has 1 amide bonds. The van der Waals surface area contributed by atoms with E-state index in [9.17, 15) is 9.59 Å². The van der Waals surface area contributed by atoms with Crippen LogP contribution in [-0.4, -0.2) is 39.8 Å². The number of fused-ring (bicyclic) bond motifs is 1. The minimum atomic E-state index is -0.581. The lowest BCUT2D eigenvalue weighted by Gasteiger charge is -2.09. The number of para-hydroxylation sites is 1. The Hall–Kier alpha value is -3.52. The number of likely N-dealkylation sites (N-methyl/N-ethyl adjacent to an activating group) is 1. The van der Waals surface area contributed by atoms with Crippen molar-refractivity contribution < 1.29 is 14.3 Å². The van der Waals surface area contributed by atoms with Gasteiger partial charge in [-0.3, -0.25) is 4.79 Å². The maximum atomic E-state index is 12.9. The maximum absolute atomic E-state index is 12.9. The third-order valence-electron chi connectivity index (χ3n) is 4.52. The van der Waals surface area contributed by atoms with Gasteiger partial charge in [-0.1, -0.05) is 24.3 Å². The van der Waals surface area contributed by atoms with Gasteiger partial charge in [0.1, 0.15) is 0 Å². The van der Waals surface area contributed by atoms with Crippen molar-refractivity contribution in [1.29, 1.82) is 0 Å². The molecule has 0 saturated carbocycles. The van der Waals surface area contributed by atoms with Crippen molar-refractivity contribution in [2.24, 2.45) is 0 Å². The summed E-state index contributed by atoms with van der Waals surface area (Å²) in [7, 11) is 0. The lowest BCUT2D eigenvalue weighted by molar-refractivity contribution is -0.124.